The van der Waals surface area contributed by atoms with Crippen molar-refractivity contribution in [3.8, 4) is 0 Å². The molecule has 0 saturated heterocycles. The molecular weight excluding hydrogens is 366 g/mol. The van der Waals surface area contributed by atoms with Crippen LogP contribution in [0.4, 0.5) is 17.2 Å². The smallest absolute Gasteiger partial charge is 0.313 e. The van der Waals surface area contributed by atoms with Gasteiger partial charge < -0.3 is 5.32 Å². The molecule has 1 aliphatic rings. The number of anilines is 2. The Kier molecular flexibility index (Phi) is 3.78. The second-order valence-corrected chi connectivity index (χ2v) is 5.64. The number of carbonyl (C=O) groups excluding carboxylic acids is 1. The third-order valence-electron chi connectivity index (χ3n) is 3.22. The van der Waals surface area contributed by atoms with Gasteiger partial charge in [0.05, 0.1) is 10.6 Å². The zero-order valence-corrected chi connectivity index (χ0v) is 13.4. The van der Waals surface area contributed by atoms with Gasteiger partial charge in [0.2, 0.25) is 5.82 Å². The molecule has 1 aromatic heterocycles. The Hall–Kier alpha value is -2.81. The van der Waals surface area contributed by atoms with E-state index in [2.05, 4.69) is 31.3 Å². The third kappa shape index (κ3) is 2.78. The average Bonchev–Trinajstić information content (AvgIpc) is 2.83. The zero-order chi connectivity index (χ0) is 16.6. The van der Waals surface area contributed by atoms with Crippen LogP contribution in [0.25, 0.3) is 0 Å². The van der Waals surface area contributed by atoms with Gasteiger partial charge in [-0.1, -0.05) is 15.9 Å². The lowest BCUT2D eigenvalue weighted by atomic mass is 10.1. The summed E-state index contributed by atoms with van der Waals surface area (Å²) < 4.78 is 0.798. The van der Waals surface area contributed by atoms with Gasteiger partial charge in [0.25, 0.3) is 5.91 Å². The van der Waals surface area contributed by atoms with Crippen LogP contribution in [0.15, 0.2) is 46.1 Å². The van der Waals surface area contributed by atoms with E-state index in [-0.39, 0.29) is 23.1 Å². The first kappa shape index (κ1) is 15.1. The number of amides is 1. The average molecular weight is 376 g/mol. The van der Waals surface area contributed by atoms with Gasteiger partial charge in [-0.2, -0.15) is 5.10 Å². The molecule has 2 heterocycles. The van der Waals surface area contributed by atoms with Crippen LogP contribution in [0.1, 0.15) is 5.56 Å². The summed E-state index contributed by atoms with van der Waals surface area (Å²) in [5.74, 6) is -0.315. The number of halogens is 1. The van der Waals surface area contributed by atoms with Crippen molar-refractivity contribution >= 4 is 44.7 Å². The first-order valence-electron chi connectivity index (χ1n) is 6.50. The van der Waals surface area contributed by atoms with Crippen molar-refractivity contribution in [2.24, 2.45) is 5.10 Å². The topological polar surface area (TPSA) is 101 Å². The highest BCUT2D eigenvalue weighted by Gasteiger charge is 2.28. The van der Waals surface area contributed by atoms with Crippen molar-refractivity contribution < 1.29 is 9.72 Å². The van der Waals surface area contributed by atoms with Gasteiger partial charge in [0, 0.05) is 29.3 Å². The molecule has 0 atom stereocenters. The standard InChI is InChI=1S/C14H10BrN5O3/c1-19(13-11(20(22)23)3-2-6-16-13)18-12-9-7-8(15)4-5-10(9)17-14(12)21/h2-7H,1H3,(H,17,18,21). The van der Waals surface area contributed by atoms with E-state index >= 15 is 0 Å². The predicted molar refractivity (Wildman–Crippen MR) is 88.6 cm³/mol. The Balaban J connectivity index is 2.05. The second-order valence-electron chi connectivity index (χ2n) is 4.72. The SMILES string of the molecule is CN(N=C1C(=O)Nc2ccc(Br)cc21)c1ncccc1[N+](=O)[O-]. The number of rotatable bonds is 3. The van der Waals surface area contributed by atoms with Crippen LogP contribution in [-0.4, -0.2) is 28.6 Å². The van der Waals surface area contributed by atoms with E-state index in [0.717, 1.165) is 4.47 Å². The Morgan fingerprint density at radius 1 is 1.39 bits per heavy atom. The number of nitrogens with zero attached hydrogens (tertiary/aromatic N) is 4. The van der Waals surface area contributed by atoms with Crippen molar-refractivity contribution in [2.75, 3.05) is 17.4 Å². The molecule has 1 amide bonds. The maximum Gasteiger partial charge on any atom is 0.313 e. The number of hydrogen-bond donors (Lipinski definition) is 1. The minimum atomic E-state index is -0.543. The van der Waals surface area contributed by atoms with Gasteiger partial charge in [-0.05, 0) is 24.3 Å². The summed E-state index contributed by atoms with van der Waals surface area (Å²) in [5.41, 5.74) is 1.24. The Morgan fingerprint density at radius 2 is 2.17 bits per heavy atom. The van der Waals surface area contributed by atoms with Crippen molar-refractivity contribution in [3.05, 3.63) is 56.7 Å². The lowest BCUT2D eigenvalue weighted by molar-refractivity contribution is -0.384. The highest BCUT2D eigenvalue weighted by Crippen LogP contribution is 2.29. The van der Waals surface area contributed by atoms with Crippen LogP contribution in [0, 0.1) is 10.1 Å². The summed E-state index contributed by atoms with van der Waals surface area (Å²) >= 11 is 3.34. The number of fused-ring (bicyclic) bond motifs is 1. The van der Waals surface area contributed by atoms with Crippen LogP contribution >= 0.6 is 15.9 Å². The largest absolute Gasteiger partial charge is 0.320 e. The summed E-state index contributed by atoms with van der Waals surface area (Å²) in [7, 11) is 1.51. The maximum absolute atomic E-state index is 12.1. The van der Waals surface area contributed by atoms with Crippen molar-refractivity contribution in [2.45, 2.75) is 0 Å². The molecule has 0 radical (unpaired) electrons. The molecular formula is C14H10BrN5O3. The molecule has 0 spiro atoms. The molecule has 23 heavy (non-hydrogen) atoms. The van der Waals surface area contributed by atoms with E-state index in [1.165, 1.54) is 30.4 Å². The summed E-state index contributed by atoms with van der Waals surface area (Å²) in [6, 6.07) is 8.11. The minimum absolute atomic E-state index is 0.0567. The fourth-order valence-corrected chi connectivity index (χ4v) is 2.56. The molecule has 1 N–H and O–H groups in total. The number of hydrazone groups is 1. The second kappa shape index (κ2) is 5.76. The van der Waals surface area contributed by atoms with Gasteiger partial charge in [-0.15, -0.1) is 0 Å². The van der Waals surface area contributed by atoms with Crippen LogP contribution in [-0.2, 0) is 4.79 Å². The predicted octanol–water partition coefficient (Wildman–Crippen LogP) is 2.54. The fourth-order valence-electron chi connectivity index (χ4n) is 2.20. The number of hydrogen-bond acceptors (Lipinski definition) is 6. The van der Waals surface area contributed by atoms with E-state index < -0.39 is 4.92 Å². The molecule has 0 unspecified atom stereocenters. The van der Waals surface area contributed by atoms with E-state index in [1.54, 1.807) is 18.2 Å². The number of nitrogens with one attached hydrogen (secondary N) is 1. The van der Waals surface area contributed by atoms with Crippen LogP contribution in [0.5, 0.6) is 0 Å². The first-order chi connectivity index (χ1) is 11.0. The number of pyridine rings is 1. The quantitative estimate of drug-likeness (QED) is 0.656. The number of aromatic nitrogens is 1. The molecule has 9 heteroatoms. The van der Waals surface area contributed by atoms with Gasteiger partial charge in [-0.25, -0.2) is 9.99 Å². The molecule has 0 saturated carbocycles. The molecule has 2 aromatic rings. The highest BCUT2D eigenvalue weighted by molar-refractivity contribution is 9.10. The lowest BCUT2D eigenvalue weighted by Gasteiger charge is -2.12. The van der Waals surface area contributed by atoms with Crippen molar-refractivity contribution in [3.63, 3.8) is 0 Å². The van der Waals surface area contributed by atoms with E-state index in [1.807, 2.05) is 0 Å². The monoisotopic (exact) mass is 375 g/mol. The minimum Gasteiger partial charge on any atom is -0.320 e. The Bertz CT molecular complexity index is 852. The maximum atomic E-state index is 12.1. The van der Waals surface area contributed by atoms with Gasteiger partial charge >= 0.3 is 5.69 Å². The van der Waals surface area contributed by atoms with E-state index in [9.17, 15) is 14.9 Å². The Labute approximate surface area is 139 Å². The molecule has 8 nitrogen and oxygen atoms in total. The lowest BCUT2D eigenvalue weighted by Crippen LogP contribution is -2.21. The summed E-state index contributed by atoms with van der Waals surface area (Å²) in [4.78, 5) is 26.6. The Morgan fingerprint density at radius 3 is 2.91 bits per heavy atom. The first-order valence-corrected chi connectivity index (χ1v) is 7.29. The summed E-state index contributed by atoms with van der Waals surface area (Å²) in [5, 5.41) is 19.2. The molecule has 1 aromatic carbocycles. The zero-order valence-electron chi connectivity index (χ0n) is 11.9. The van der Waals surface area contributed by atoms with E-state index in [0.29, 0.717) is 11.3 Å². The summed E-state index contributed by atoms with van der Waals surface area (Å²) in [6.07, 6.45) is 1.43. The van der Waals surface area contributed by atoms with Gasteiger partial charge in [0.15, 0.2) is 5.71 Å². The summed E-state index contributed by atoms with van der Waals surface area (Å²) in [6.45, 7) is 0. The molecule has 116 valence electrons. The molecule has 0 fully saturated rings. The number of nitro groups is 1. The third-order valence-corrected chi connectivity index (χ3v) is 3.71. The van der Waals surface area contributed by atoms with Crippen molar-refractivity contribution in [1.82, 2.24) is 4.98 Å². The van der Waals surface area contributed by atoms with Gasteiger partial charge in [-0.3, -0.25) is 14.9 Å². The molecule has 3 rings (SSSR count). The normalized spacial score (nSPS) is 14.5. The van der Waals surface area contributed by atoms with Crippen LogP contribution < -0.4 is 10.3 Å². The molecule has 1 aliphatic heterocycles. The van der Waals surface area contributed by atoms with E-state index in [4.69, 9.17) is 0 Å². The van der Waals surface area contributed by atoms with Crippen molar-refractivity contribution in [1.29, 1.82) is 0 Å². The van der Waals surface area contributed by atoms with Gasteiger partial charge in [0.1, 0.15) is 0 Å². The number of benzene rings is 1. The highest BCUT2D eigenvalue weighted by atomic mass is 79.9. The van der Waals surface area contributed by atoms with Crippen LogP contribution in [0.3, 0.4) is 0 Å². The van der Waals surface area contributed by atoms with Crippen LogP contribution in [0.2, 0.25) is 0 Å². The number of carbonyl (C=O) groups is 1. The molecule has 0 bridgehead atoms. The fraction of sp³-hybridized carbons (Fsp3) is 0.0714. The molecule has 0 aliphatic carbocycles.